The molecule has 0 aromatic heterocycles. The van der Waals surface area contributed by atoms with Crippen LogP contribution in [-0.4, -0.2) is 75.8 Å². The molecule has 18 heavy (non-hydrogen) atoms. The summed E-state index contributed by atoms with van der Waals surface area (Å²) in [4.78, 5) is 21.9. The minimum Gasteiger partial charge on any atom is -0.770 e. The van der Waals surface area contributed by atoms with Crippen molar-refractivity contribution in [3.8, 4) is 0 Å². The molecule has 0 aliphatic rings. The van der Waals surface area contributed by atoms with E-state index in [0.717, 1.165) is 7.05 Å². The Kier molecular flexibility index (Phi) is 7.35. The van der Waals surface area contributed by atoms with Gasteiger partial charge < -0.3 is 41.3 Å². The van der Waals surface area contributed by atoms with E-state index < -0.39 is 37.0 Å². The first-order valence-corrected chi connectivity index (χ1v) is 4.91. The number of hydrogen-bond donors (Lipinski definition) is 6. The maximum absolute atomic E-state index is 11.2. The highest BCUT2D eigenvalue weighted by Gasteiger charge is 2.32. The monoisotopic (exact) mass is 266 g/mol. The zero-order valence-electron chi connectivity index (χ0n) is 9.55. The van der Waals surface area contributed by atoms with Crippen LogP contribution in [0.4, 0.5) is 4.79 Å². The first kappa shape index (κ1) is 16.7. The van der Waals surface area contributed by atoms with Crippen molar-refractivity contribution in [2.24, 2.45) is 0 Å². The van der Waals surface area contributed by atoms with Gasteiger partial charge >= 0.3 is 6.03 Å². The number of amides is 2. The van der Waals surface area contributed by atoms with Crippen LogP contribution in [-0.2, 0) is 4.79 Å². The van der Waals surface area contributed by atoms with Gasteiger partial charge in [0.25, 0.3) is 0 Å². The molecule has 0 aromatic carbocycles. The van der Waals surface area contributed by atoms with Crippen LogP contribution in [0.15, 0.2) is 0 Å². The summed E-state index contributed by atoms with van der Waals surface area (Å²) >= 11 is 0. The number of carbonyl (C=O) groups excluding carboxylic acids is 2. The highest BCUT2D eigenvalue weighted by Crippen LogP contribution is 2.04. The molecule has 10 nitrogen and oxygen atoms in total. The average molecular weight is 266 g/mol. The van der Waals surface area contributed by atoms with E-state index in [9.17, 15) is 25.0 Å². The van der Waals surface area contributed by atoms with Gasteiger partial charge in [-0.2, -0.15) is 0 Å². The van der Waals surface area contributed by atoms with Gasteiger partial charge in [0.2, 0.25) is 0 Å². The van der Waals surface area contributed by atoms with Gasteiger partial charge in [-0.1, -0.05) is 0 Å². The molecule has 0 aliphatic carbocycles. The molecule has 0 aliphatic heterocycles. The Balaban J connectivity index is 4.58. The van der Waals surface area contributed by atoms with Crippen LogP contribution in [0.1, 0.15) is 0 Å². The molecule has 6 N–H and O–H groups in total. The smallest absolute Gasteiger partial charge is 0.331 e. The molecule has 4 unspecified atom stereocenters. The Morgan fingerprint density at radius 3 is 2.33 bits per heavy atom. The lowest BCUT2D eigenvalue weighted by Gasteiger charge is -2.29. The minimum atomic E-state index is -1.84. The largest absolute Gasteiger partial charge is 0.770 e. The van der Waals surface area contributed by atoms with Gasteiger partial charge in [0.05, 0.1) is 6.61 Å². The van der Waals surface area contributed by atoms with E-state index in [4.69, 9.17) is 10.2 Å². The van der Waals surface area contributed by atoms with Gasteiger partial charge in [0, 0.05) is 7.05 Å². The fourth-order valence-electron chi connectivity index (χ4n) is 1.03. The predicted octanol–water partition coefficient (Wildman–Crippen LogP) is -3.73. The average Bonchev–Trinajstić information content (AvgIpc) is 2.40. The first-order chi connectivity index (χ1) is 8.38. The van der Waals surface area contributed by atoms with E-state index in [0.29, 0.717) is 5.01 Å². The molecule has 0 rings (SSSR count). The summed E-state index contributed by atoms with van der Waals surface area (Å²) in [6.07, 6.45) is -5.23. The van der Waals surface area contributed by atoms with Crippen molar-refractivity contribution < 1.29 is 30.0 Å². The first-order valence-electron chi connectivity index (χ1n) is 4.91. The summed E-state index contributed by atoms with van der Waals surface area (Å²) in [5.41, 5.74) is 1.22. The maximum Gasteiger partial charge on any atom is 0.331 e. The molecule has 0 spiro atoms. The second-order valence-electron chi connectivity index (χ2n) is 3.49. The van der Waals surface area contributed by atoms with Crippen LogP contribution in [0, 0.1) is 5.21 Å². The van der Waals surface area contributed by atoms with Crippen molar-refractivity contribution in [2.75, 3.05) is 13.7 Å². The third-order valence-corrected chi connectivity index (χ3v) is 2.18. The predicted molar refractivity (Wildman–Crippen MR) is 57.8 cm³/mol. The van der Waals surface area contributed by atoms with Crippen molar-refractivity contribution in [3.05, 3.63) is 5.21 Å². The molecule has 0 bridgehead atoms. The van der Waals surface area contributed by atoms with Crippen molar-refractivity contribution in [1.82, 2.24) is 15.9 Å². The van der Waals surface area contributed by atoms with Crippen molar-refractivity contribution in [1.29, 1.82) is 0 Å². The normalized spacial score (nSPS) is 17.4. The van der Waals surface area contributed by atoms with E-state index in [1.54, 1.807) is 0 Å². The van der Waals surface area contributed by atoms with Crippen molar-refractivity contribution >= 4 is 12.3 Å². The second kappa shape index (κ2) is 7.92. The maximum atomic E-state index is 11.2. The summed E-state index contributed by atoms with van der Waals surface area (Å²) < 4.78 is 0. The van der Waals surface area contributed by atoms with Crippen LogP contribution < -0.4 is 10.9 Å². The Morgan fingerprint density at radius 1 is 1.39 bits per heavy atom. The van der Waals surface area contributed by atoms with E-state index in [2.05, 4.69) is 0 Å². The van der Waals surface area contributed by atoms with E-state index in [-0.39, 0.29) is 6.29 Å². The van der Waals surface area contributed by atoms with Crippen molar-refractivity contribution in [2.45, 2.75) is 24.4 Å². The number of rotatable bonds is 7. The fraction of sp³-hybridized carbons (Fsp3) is 0.750. The van der Waals surface area contributed by atoms with Gasteiger partial charge in [-0.05, 0) is 0 Å². The minimum absolute atomic E-state index is 0.120. The third-order valence-electron chi connectivity index (χ3n) is 2.18. The Bertz CT molecular complexity index is 277. The van der Waals surface area contributed by atoms with Gasteiger partial charge in [0.1, 0.15) is 30.6 Å². The SMILES string of the molecule is CN(N[O-])C(=O)NC(C=O)C(O)C(O)C(O)CO. The molecule has 106 valence electrons. The molecule has 0 heterocycles. The number of aliphatic hydroxyl groups is 4. The van der Waals surface area contributed by atoms with Crippen LogP contribution in [0.2, 0.25) is 0 Å². The topological polar surface area (TPSA) is 165 Å². The molecular formula is C8H16N3O7-. The standard InChI is InChI=1S/C8H16N3O7/c1-11(10-18)8(17)9-4(2-12)6(15)7(16)5(14)3-13/h2,4-7,10,13-16H,3H2,1H3,(H,9,17)/q-1. The Hall–Kier alpha value is -1.30. The lowest BCUT2D eigenvalue weighted by Crippen LogP contribution is -2.56. The highest BCUT2D eigenvalue weighted by atomic mass is 16.5. The lowest BCUT2D eigenvalue weighted by molar-refractivity contribution is -0.119. The summed E-state index contributed by atoms with van der Waals surface area (Å²) in [6.45, 7) is -0.834. The fourth-order valence-corrected chi connectivity index (χ4v) is 1.03. The van der Waals surface area contributed by atoms with Crippen LogP contribution in [0.5, 0.6) is 0 Å². The van der Waals surface area contributed by atoms with Crippen molar-refractivity contribution in [3.63, 3.8) is 0 Å². The summed E-state index contributed by atoms with van der Waals surface area (Å²) in [6, 6.07) is -2.57. The number of nitrogens with one attached hydrogen (secondary N) is 2. The number of aliphatic hydroxyl groups excluding tert-OH is 4. The summed E-state index contributed by atoms with van der Waals surface area (Å²) in [7, 11) is 1.07. The number of aldehydes is 1. The van der Waals surface area contributed by atoms with Crippen LogP contribution in [0.25, 0.3) is 0 Å². The molecule has 0 radical (unpaired) electrons. The molecule has 10 heteroatoms. The number of hydrazine groups is 1. The van der Waals surface area contributed by atoms with Crippen LogP contribution in [0.3, 0.4) is 0 Å². The van der Waals surface area contributed by atoms with E-state index in [1.807, 2.05) is 5.32 Å². The lowest BCUT2D eigenvalue weighted by atomic mass is 10.0. The zero-order valence-corrected chi connectivity index (χ0v) is 9.55. The number of urea groups is 1. The molecule has 0 saturated heterocycles. The van der Waals surface area contributed by atoms with Gasteiger partial charge in [-0.15, -0.1) is 0 Å². The van der Waals surface area contributed by atoms with E-state index >= 15 is 0 Å². The zero-order chi connectivity index (χ0) is 14.3. The van der Waals surface area contributed by atoms with Gasteiger partial charge in [-0.25, -0.2) is 4.79 Å². The number of carbonyl (C=O) groups is 2. The second-order valence-corrected chi connectivity index (χ2v) is 3.49. The van der Waals surface area contributed by atoms with Gasteiger partial charge in [0.15, 0.2) is 0 Å². The highest BCUT2D eigenvalue weighted by molar-refractivity contribution is 5.77. The molecule has 4 atom stereocenters. The molecule has 0 aromatic rings. The summed E-state index contributed by atoms with van der Waals surface area (Å²) in [5, 5.41) is 49.0. The van der Waals surface area contributed by atoms with Gasteiger partial charge in [-0.3, -0.25) is 5.01 Å². The third kappa shape index (κ3) is 4.52. The Labute approximate surface area is 102 Å². The van der Waals surface area contributed by atoms with E-state index in [1.165, 1.54) is 5.59 Å². The quantitative estimate of drug-likeness (QED) is 0.202. The Morgan fingerprint density at radius 2 is 1.94 bits per heavy atom. The molecule has 0 saturated carbocycles. The molecule has 0 fully saturated rings. The van der Waals surface area contributed by atoms with Crippen LogP contribution >= 0.6 is 0 Å². The number of nitrogens with zero attached hydrogens (tertiary/aromatic N) is 1. The number of hydrogen-bond acceptors (Lipinski definition) is 8. The molecular weight excluding hydrogens is 250 g/mol. The summed E-state index contributed by atoms with van der Waals surface area (Å²) in [5.74, 6) is 0. The molecule has 2 amide bonds.